The molecule has 0 saturated carbocycles. The van der Waals surface area contributed by atoms with Crippen molar-refractivity contribution < 1.29 is 4.43 Å². The van der Waals surface area contributed by atoms with E-state index >= 15 is 0 Å². The van der Waals surface area contributed by atoms with Gasteiger partial charge < -0.3 is 4.43 Å². The minimum Gasteiger partial charge on any atom is -0.411 e. The van der Waals surface area contributed by atoms with Crippen LogP contribution in [-0.2, 0) is 11.0 Å². The molecule has 0 spiro atoms. The predicted molar refractivity (Wildman–Crippen MR) is 84.2 cm³/mol. The maximum absolute atomic E-state index is 6.26. The molecule has 0 amide bonds. The molecule has 1 atom stereocenters. The van der Waals surface area contributed by atoms with Crippen LogP contribution in [0, 0.1) is 0 Å². The monoisotopic (exact) mass is 270 g/mol. The van der Waals surface area contributed by atoms with Gasteiger partial charge in [0.1, 0.15) is 0 Å². The smallest absolute Gasteiger partial charge is 0.208 e. The Hall–Kier alpha value is -1.38. The fraction of sp³-hybridized carbons (Fsp3) is 0.294. The second-order valence-electron chi connectivity index (χ2n) is 4.84. The van der Waals surface area contributed by atoms with Crippen LogP contribution in [0.2, 0.25) is 6.04 Å². The molecule has 2 aromatic rings. The number of hydrogen-bond donors (Lipinski definition) is 0. The topological polar surface area (TPSA) is 9.23 Å². The van der Waals surface area contributed by atoms with Gasteiger partial charge in [-0.3, -0.25) is 0 Å². The third-order valence-electron chi connectivity index (χ3n) is 3.29. The highest BCUT2D eigenvalue weighted by atomic mass is 28.3. The van der Waals surface area contributed by atoms with Crippen molar-refractivity contribution >= 4 is 14.2 Å². The molecule has 0 aliphatic rings. The van der Waals surface area contributed by atoms with E-state index in [9.17, 15) is 0 Å². The van der Waals surface area contributed by atoms with Crippen molar-refractivity contribution in [3.8, 4) is 0 Å². The van der Waals surface area contributed by atoms with Crippen molar-refractivity contribution in [1.82, 2.24) is 0 Å². The lowest BCUT2D eigenvalue weighted by molar-refractivity contribution is 0.313. The van der Waals surface area contributed by atoms with Crippen molar-refractivity contribution in [2.45, 2.75) is 32.4 Å². The standard InChI is InChI=1S/C17H22OSi/c1-2-3-14-19(17-12-8-5-9-13-17)18-15-16-10-6-4-7-11-16/h4-13,19H,2-3,14-15H2,1H3. The summed E-state index contributed by atoms with van der Waals surface area (Å²) in [5.74, 6) is 0. The molecule has 0 aliphatic heterocycles. The first-order chi connectivity index (χ1) is 9.40. The minimum absolute atomic E-state index is 0.746. The Kier molecular flexibility index (Phi) is 5.85. The summed E-state index contributed by atoms with van der Waals surface area (Å²) in [6.07, 6.45) is 2.51. The van der Waals surface area contributed by atoms with Crippen LogP contribution >= 0.6 is 0 Å². The quantitative estimate of drug-likeness (QED) is 0.698. The first-order valence-electron chi connectivity index (χ1n) is 7.10. The molecule has 1 nitrogen and oxygen atoms in total. The lowest BCUT2D eigenvalue weighted by atomic mass is 10.2. The highest BCUT2D eigenvalue weighted by Gasteiger charge is 2.14. The Morgan fingerprint density at radius 2 is 1.53 bits per heavy atom. The van der Waals surface area contributed by atoms with Gasteiger partial charge in [0.05, 0.1) is 6.61 Å². The zero-order valence-electron chi connectivity index (χ0n) is 11.6. The third-order valence-corrected chi connectivity index (χ3v) is 5.92. The van der Waals surface area contributed by atoms with Gasteiger partial charge in [0.25, 0.3) is 0 Å². The van der Waals surface area contributed by atoms with E-state index in [4.69, 9.17) is 4.43 Å². The summed E-state index contributed by atoms with van der Waals surface area (Å²) in [4.78, 5) is 0. The molecular weight excluding hydrogens is 248 g/mol. The molecule has 0 heterocycles. The Morgan fingerprint density at radius 3 is 2.16 bits per heavy atom. The molecule has 0 bridgehead atoms. The molecule has 100 valence electrons. The van der Waals surface area contributed by atoms with E-state index in [1.807, 2.05) is 6.07 Å². The molecular formula is C17H22OSi. The zero-order valence-corrected chi connectivity index (χ0v) is 12.7. The number of rotatable bonds is 7. The van der Waals surface area contributed by atoms with Gasteiger partial charge in [-0.1, -0.05) is 80.4 Å². The van der Waals surface area contributed by atoms with Crippen LogP contribution in [0.15, 0.2) is 60.7 Å². The first-order valence-corrected chi connectivity index (χ1v) is 8.97. The maximum Gasteiger partial charge on any atom is 0.208 e. The van der Waals surface area contributed by atoms with E-state index in [0.29, 0.717) is 0 Å². The summed E-state index contributed by atoms with van der Waals surface area (Å²) >= 11 is 0. The van der Waals surface area contributed by atoms with Crippen molar-refractivity contribution in [2.24, 2.45) is 0 Å². The average Bonchev–Trinajstić information content (AvgIpc) is 2.49. The first kappa shape index (κ1) is 14.0. The van der Waals surface area contributed by atoms with Gasteiger partial charge in [0, 0.05) is 0 Å². The fourth-order valence-corrected chi connectivity index (χ4v) is 4.69. The number of unbranched alkanes of at least 4 members (excludes halogenated alkanes) is 1. The van der Waals surface area contributed by atoms with Gasteiger partial charge >= 0.3 is 0 Å². The van der Waals surface area contributed by atoms with Gasteiger partial charge in [0.15, 0.2) is 0 Å². The summed E-state index contributed by atoms with van der Waals surface area (Å²) in [5.41, 5.74) is 1.27. The Morgan fingerprint density at radius 1 is 0.895 bits per heavy atom. The van der Waals surface area contributed by atoms with E-state index < -0.39 is 9.04 Å². The molecule has 0 N–H and O–H groups in total. The van der Waals surface area contributed by atoms with E-state index in [2.05, 4.69) is 61.5 Å². The van der Waals surface area contributed by atoms with Crippen LogP contribution in [0.4, 0.5) is 0 Å². The minimum atomic E-state index is -1.28. The van der Waals surface area contributed by atoms with Crippen molar-refractivity contribution in [3.05, 3.63) is 66.2 Å². The van der Waals surface area contributed by atoms with Gasteiger partial charge in [-0.2, -0.15) is 0 Å². The molecule has 1 unspecified atom stereocenters. The summed E-state index contributed by atoms with van der Waals surface area (Å²) in [6, 6.07) is 22.4. The maximum atomic E-state index is 6.26. The summed E-state index contributed by atoms with van der Waals surface area (Å²) in [5, 5.41) is 1.42. The Bertz CT molecular complexity index is 455. The van der Waals surface area contributed by atoms with Crippen LogP contribution in [0.25, 0.3) is 0 Å². The average molecular weight is 270 g/mol. The molecule has 2 rings (SSSR count). The lowest BCUT2D eigenvalue weighted by Crippen LogP contribution is -2.33. The van der Waals surface area contributed by atoms with Crippen LogP contribution in [0.1, 0.15) is 25.3 Å². The molecule has 0 radical (unpaired) electrons. The van der Waals surface area contributed by atoms with Crippen molar-refractivity contribution in [2.75, 3.05) is 0 Å². The summed E-state index contributed by atoms with van der Waals surface area (Å²) in [7, 11) is -1.28. The fourth-order valence-electron chi connectivity index (χ4n) is 2.17. The second kappa shape index (κ2) is 7.92. The van der Waals surface area contributed by atoms with E-state index in [0.717, 1.165) is 6.61 Å². The SMILES string of the molecule is CCCC[SiH](OCc1ccccc1)c1ccccc1. The van der Waals surface area contributed by atoms with Crippen molar-refractivity contribution in [3.63, 3.8) is 0 Å². The van der Waals surface area contributed by atoms with Crippen LogP contribution in [0.5, 0.6) is 0 Å². The number of benzene rings is 2. The predicted octanol–water partition coefficient (Wildman–Crippen LogP) is 3.63. The Labute approximate surface area is 118 Å². The van der Waals surface area contributed by atoms with E-state index in [1.165, 1.54) is 29.6 Å². The molecule has 0 fully saturated rings. The summed E-state index contributed by atoms with van der Waals surface area (Å²) < 4.78 is 6.26. The molecule has 0 aromatic heterocycles. The highest BCUT2D eigenvalue weighted by molar-refractivity contribution is 6.67. The van der Waals surface area contributed by atoms with E-state index in [1.54, 1.807) is 0 Å². The molecule has 2 aromatic carbocycles. The highest BCUT2D eigenvalue weighted by Crippen LogP contribution is 2.08. The van der Waals surface area contributed by atoms with E-state index in [-0.39, 0.29) is 0 Å². The molecule has 0 saturated heterocycles. The van der Waals surface area contributed by atoms with Crippen LogP contribution in [0.3, 0.4) is 0 Å². The molecule has 19 heavy (non-hydrogen) atoms. The Balaban J connectivity index is 1.98. The molecule has 2 heteroatoms. The van der Waals surface area contributed by atoms with Gasteiger partial charge in [-0.25, -0.2) is 0 Å². The lowest BCUT2D eigenvalue weighted by Gasteiger charge is -2.16. The van der Waals surface area contributed by atoms with Gasteiger partial charge in [-0.05, 0) is 16.8 Å². The van der Waals surface area contributed by atoms with Crippen LogP contribution < -0.4 is 5.19 Å². The third kappa shape index (κ3) is 4.65. The summed E-state index contributed by atoms with van der Waals surface area (Å²) in [6.45, 7) is 2.99. The van der Waals surface area contributed by atoms with Crippen LogP contribution in [-0.4, -0.2) is 9.04 Å². The number of hydrogen-bond acceptors (Lipinski definition) is 1. The normalized spacial score (nSPS) is 12.3. The largest absolute Gasteiger partial charge is 0.411 e. The molecule has 0 aliphatic carbocycles. The van der Waals surface area contributed by atoms with Gasteiger partial charge in [-0.15, -0.1) is 0 Å². The van der Waals surface area contributed by atoms with Crippen molar-refractivity contribution in [1.29, 1.82) is 0 Å². The zero-order chi connectivity index (χ0) is 13.3. The second-order valence-corrected chi connectivity index (χ2v) is 7.39. The van der Waals surface area contributed by atoms with Gasteiger partial charge in [0.2, 0.25) is 9.04 Å².